The van der Waals surface area contributed by atoms with E-state index in [0.29, 0.717) is 11.6 Å². The van der Waals surface area contributed by atoms with Gasteiger partial charge in [0.15, 0.2) is 5.82 Å². The maximum absolute atomic E-state index is 12.2. The first kappa shape index (κ1) is 17.1. The summed E-state index contributed by atoms with van der Waals surface area (Å²) in [5, 5.41) is 5.99. The molecule has 0 aliphatic carbocycles. The number of carbonyl (C=O) groups is 2. The Hall–Kier alpha value is -2.28. The lowest BCUT2D eigenvalue weighted by atomic mass is 10.3. The number of nitrogens with zero attached hydrogens (tertiary/aromatic N) is 2. The van der Waals surface area contributed by atoms with Crippen LogP contribution >= 0.6 is 11.8 Å². The number of amides is 2. The van der Waals surface area contributed by atoms with Crippen LogP contribution in [0.2, 0.25) is 0 Å². The van der Waals surface area contributed by atoms with Gasteiger partial charge < -0.3 is 14.7 Å². The van der Waals surface area contributed by atoms with Crippen LogP contribution in [0.25, 0.3) is 0 Å². The molecule has 6 nitrogen and oxygen atoms in total. The summed E-state index contributed by atoms with van der Waals surface area (Å²) in [6.07, 6.45) is 0. The molecule has 2 rings (SSSR count). The van der Waals surface area contributed by atoms with Gasteiger partial charge in [0, 0.05) is 18.8 Å². The normalized spacial score (nSPS) is 11.8. The van der Waals surface area contributed by atoms with E-state index < -0.39 is 0 Å². The van der Waals surface area contributed by atoms with Crippen LogP contribution in [0.5, 0.6) is 0 Å². The minimum atomic E-state index is -0.375. The molecule has 1 atom stereocenters. The Labute approximate surface area is 139 Å². The Morgan fingerprint density at radius 3 is 2.65 bits per heavy atom. The molecule has 0 aliphatic rings. The van der Waals surface area contributed by atoms with Crippen LogP contribution in [-0.4, -0.2) is 35.0 Å². The van der Waals surface area contributed by atoms with Crippen LogP contribution in [0.15, 0.2) is 40.9 Å². The van der Waals surface area contributed by atoms with E-state index in [1.807, 2.05) is 30.3 Å². The molecule has 0 saturated heterocycles. The van der Waals surface area contributed by atoms with Crippen molar-refractivity contribution >= 4 is 35.1 Å². The van der Waals surface area contributed by atoms with Gasteiger partial charge in [-0.2, -0.15) is 0 Å². The predicted molar refractivity (Wildman–Crippen MR) is 91.6 cm³/mol. The Morgan fingerprint density at radius 1 is 1.35 bits per heavy atom. The number of thioether (sulfide) groups is 1. The minimum absolute atomic E-state index is 0.0573. The summed E-state index contributed by atoms with van der Waals surface area (Å²) in [5.41, 5.74) is 0.827. The molecule has 2 aromatic rings. The molecule has 23 heavy (non-hydrogen) atoms. The van der Waals surface area contributed by atoms with Gasteiger partial charge >= 0.3 is 0 Å². The van der Waals surface area contributed by atoms with Crippen molar-refractivity contribution in [3.63, 3.8) is 0 Å². The maximum Gasteiger partial charge on any atom is 0.238 e. The number of aryl methyl sites for hydroxylation is 1. The quantitative estimate of drug-likeness (QED) is 0.879. The average Bonchev–Trinajstić information content (AvgIpc) is 2.97. The first-order chi connectivity index (χ1) is 11.0. The van der Waals surface area contributed by atoms with Gasteiger partial charge in [-0.05, 0) is 26.0 Å². The Morgan fingerprint density at radius 2 is 2.04 bits per heavy atom. The van der Waals surface area contributed by atoms with Crippen LogP contribution in [-0.2, 0) is 9.59 Å². The van der Waals surface area contributed by atoms with Crippen molar-refractivity contribution in [3.05, 3.63) is 42.2 Å². The zero-order valence-corrected chi connectivity index (χ0v) is 14.1. The SMILES string of the molecule is Cc1cc(NC(=O)C(C)SCC(=O)N(C)c2ccccc2)no1. The molecular weight excluding hydrogens is 314 g/mol. The second-order valence-electron chi connectivity index (χ2n) is 5.05. The minimum Gasteiger partial charge on any atom is -0.360 e. The lowest BCUT2D eigenvalue weighted by molar-refractivity contribution is -0.116. The summed E-state index contributed by atoms with van der Waals surface area (Å²) in [5.74, 6) is 0.960. The van der Waals surface area contributed by atoms with E-state index in [4.69, 9.17) is 4.52 Å². The van der Waals surface area contributed by atoms with E-state index in [1.54, 1.807) is 31.9 Å². The smallest absolute Gasteiger partial charge is 0.238 e. The molecule has 7 heteroatoms. The molecule has 2 amide bonds. The van der Waals surface area contributed by atoms with E-state index in [1.165, 1.54) is 11.8 Å². The van der Waals surface area contributed by atoms with E-state index in [0.717, 1.165) is 5.69 Å². The number of para-hydroxylation sites is 1. The predicted octanol–water partition coefficient (Wildman–Crippen LogP) is 2.71. The number of hydrogen-bond donors (Lipinski definition) is 1. The molecule has 1 heterocycles. The van der Waals surface area contributed by atoms with E-state index >= 15 is 0 Å². The molecule has 1 aromatic heterocycles. The highest BCUT2D eigenvalue weighted by Gasteiger charge is 2.18. The molecule has 1 unspecified atom stereocenters. The number of carbonyl (C=O) groups excluding carboxylic acids is 2. The van der Waals surface area contributed by atoms with Crippen LogP contribution in [0.1, 0.15) is 12.7 Å². The van der Waals surface area contributed by atoms with Gasteiger partial charge in [0.2, 0.25) is 11.8 Å². The molecule has 0 bridgehead atoms. The summed E-state index contributed by atoms with van der Waals surface area (Å²) < 4.78 is 4.89. The monoisotopic (exact) mass is 333 g/mol. The van der Waals surface area contributed by atoms with Gasteiger partial charge in [0.1, 0.15) is 5.76 Å². The summed E-state index contributed by atoms with van der Waals surface area (Å²) in [7, 11) is 1.72. The molecule has 0 aliphatic heterocycles. The topological polar surface area (TPSA) is 75.4 Å². The second-order valence-corrected chi connectivity index (χ2v) is 6.38. The summed E-state index contributed by atoms with van der Waals surface area (Å²) >= 11 is 1.28. The largest absolute Gasteiger partial charge is 0.360 e. The van der Waals surface area contributed by atoms with Gasteiger partial charge in [-0.25, -0.2) is 0 Å². The van der Waals surface area contributed by atoms with Crippen LogP contribution in [0.3, 0.4) is 0 Å². The van der Waals surface area contributed by atoms with Gasteiger partial charge in [0.05, 0.1) is 11.0 Å². The number of anilines is 2. The molecular formula is C16H19N3O3S. The number of rotatable bonds is 6. The third kappa shape index (κ3) is 4.85. The third-order valence-electron chi connectivity index (χ3n) is 3.22. The van der Waals surface area contributed by atoms with Gasteiger partial charge in [-0.3, -0.25) is 9.59 Å². The molecule has 0 saturated carbocycles. The van der Waals surface area contributed by atoms with Gasteiger partial charge in [0.25, 0.3) is 0 Å². The Kier molecular flexibility index (Phi) is 5.81. The Balaban J connectivity index is 1.82. The molecule has 0 fully saturated rings. The van der Waals surface area contributed by atoms with Crippen molar-refractivity contribution in [1.82, 2.24) is 5.16 Å². The van der Waals surface area contributed by atoms with Crippen molar-refractivity contribution in [3.8, 4) is 0 Å². The standard InChI is InChI=1S/C16H19N3O3S/c1-11-9-14(18-22-11)17-16(21)12(2)23-10-15(20)19(3)13-7-5-4-6-8-13/h4-9,12H,10H2,1-3H3,(H,17,18,21). The summed E-state index contributed by atoms with van der Waals surface area (Å²) in [6.45, 7) is 3.50. The lowest BCUT2D eigenvalue weighted by Gasteiger charge is -2.18. The highest BCUT2D eigenvalue weighted by atomic mass is 32.2. The molecule has 1 N–H and O–H groups in total. The van der Waals surface area contributed by atoms with Gasteiger partial charge in [-0.15, -0.1) is 11.8 Å². The second kappa shape index (κ2) is 7.82. The molecule has 0 spiro atoms. The fourth-order valence-electron chi connectivity index (χ4n) is 1.82. The zero-order valence-electron chi connectivity index (χ0n) is 13.3. The maximum atomic E-state index is 12.2. The van der Waals surface area contributed by atoms with E-state index in [9.17, 15) is 9.59 Å². The fraction of sp³-hybridized carbons (Fsp3) is 0.312. The highest BCUT2D eigenvalue weighted by Crippen LogP contribution is 2.17. The van der Waals surface area contributed by atoms with Crippen molar-refractivity contribution in [2.45, 2.75) is 19.1 Å². The number of hydrogen-bond acceptors (Lipinski definition) is 5. The van der Waals surface area contributed by atoms with Crippen molar-refractivity contribution in [2.75, 3.05) is 23.0 Å². The fourth-order valence-corrected chi connectivity index (χ4v) is 2.61. The average molecular weight is 333 g/mol. The highest BCUT2D eigenvalue weighted by molar-refractivity contribution is 8.01. The van der Waals surface area contributed by atoms with E-state index in [-0.39, 0.29) is 22.8 Å². The number of nitrogens with one attached hydrogen (secondary N) is 1. The molecule has 122 valence electrons. The first-order valence-electron chi connectivity index (χ1n) is 7.14. The van der Waals surface area contributed by atoms with E-state index in [2.05, 4.69) is 10.5 Å². The number of aromatic nitrogens is 1. The van der Waals surface area contributed by atoms with Crippen molar-refractivity contribution < 1.29 is 14.1 Å². The number of benzene rings is 1. The Bertz CT molecular complexity index is 672. The van der Waals surface area contributed by atoms with Crippen LogP contribution in [0, 0.1) is 6.92 Å². The van der Waals surface area contributed by atoms with Crippen molar-refractivity contribution in [1.29, 1.82) is 0 Å². The van der Waals surface area contributed by atoms with Gasteiger partial charge in [-0.1, -0.05) is 23.4 Å². The molecule has 1 aromatic carbocycles. The third-order valence-corrected chi connectivity index (χ3v) is 4.35. The molecule has 0 radical (unpaired) electrons. The summed E-state index contributed by atoms with van der Waals surface area (Å²) in [6, 6.07) is 11.0. The van der Waals surface area contributed by atoms with Crippen LogP contribution in [0.4, 0.5) is 11.5 Å². The summed E-state index contributed by atoms with van der Waals surface area (Å²) in [4.78, 5) is 25.8. The lowest BCUT2D eigenvalue weighted by Crippen LogP contribution is -2.30. The zero-order chi connectivity index (χ0) is 16.8. The van der Waals surface area contributed by atoms with Crippen molar-refractivity contribution in [2.24, 2.45) is 0 Å². The van der Waals surface area contributed by atoms with Crippen LogP contribution < -0.4 is 10.2 Å². The first-order valence-corrected chi connectivity index (χ1v) is 8.19.